The van der Waals surface area contributed by atoms with E-state index >= 15 is 0 Å². The topological polar surface area (TPSA) is 85.1 Å². The van der Waals surface area contributed by atoms with E-state index < -0.39 is 0 Å². The van der Waals surface area contributed by atoms with Crippen molar-refractivity contribution in [2.45, 2.75) is 19.3 Å². The highest BCUT2D eigenvalue weighted by atomic mass is 35.5. The molecule has 3 heterocycles. The van der Waals surface area contributed by atoms with Gasteiger partial charge < -0.3 is 15.8 Å². The molecule has 122 valence electrons. The van der Waals surface area contributed by atoms with Crippen molar-refractivity contribution < 1.29 is 5.48 Å². The van der Waals surface area contributed by atoms with E-state index in [0.717, 1.165) is 47.8 Å². The third kappa shape index (κ3) is 3.22. The van der Waals surface area contributed by atoms with Crippen LogP contribution in [0.5, 0.6) is 0 Å². The molecule has 0 spiro atoms. The van der Waals surface area contributed by atoms with Crippen LogP contribution >= 0.6 is 12.4 Å². The number of rotatable bonds is 2. The van der Waals surface area contributed by atoms with Crippen molar-refractivity contribution in [1.29, 1.82) is 0 Å². The van der Waals surface area contributed by atoms with Gasteiger partial charge in [0, 0.05) is 18.2 Å². The first kappa shape index (κ1) is 17.4. The van der Waals surface area contributed by atoms with Crippen molar-refractivity contribution in [2.75, 3.05) is 13.1 Å². The van der Waals surface area contributed by atoms with Gasteiger partial charge in [0.05, 0.1) is 16.7 Å². The SMILES string of the molecule is Cc1nc(C2CCNC2)c2[nH]c(-c3ccccc3)cc2n1.Cl.O. The molecule has 1 saturated heterocycles. The zero-order chi connectivity index (χ0) is 14.2. The summed E-state index contributed by atoms with van der Waals surface area (Å²) < 4.78 is 0. The molecule has 0 bridgehead atoms. The summed E-state index contributed by atoms with van der Waals surface area (Å²) in [6, 6.07) is 12.5. The average molecular weight is 333 g/mol. The van der Waals surface area contributed by atoms with Gasteiger partial charge in [-0.05, 0) is 31.5 Å². The number of fused-ring (bicyclic) bond motifs is 1. The van der Waals surface area contributed by atoms with Crippen molar-refractivity contribution in [2.24, 2.45) is 0 Å². The molecule has 1 aliphatic rings. The molecular weight excluding hydrogens is 312 g/mol. The number of aryl methyl sites for hydroxylation is 1. The van der Waals surface area contributed by atoms with Crippen LogP contribution in [-0.4, -0.2) is 33.5 Å². The van der Waals surface area contributed by atoms with Gasteiger partial charge in [-0.3, -0.25) is 0 Å². The summed E-state index contributed by atoms with van der Waals surface area (Å²) in [6.07, 6.45) is 1.14. The summed E-state index contributed by atoms with van der Waals surface area (Å²) in [7, 11) is 0. The molecule has 4 N–H and O–H groups in total. The van der Waals surface area contributed by atoms with Gasteiger partial charge in [0.1, 0.15) is 5.82 Å². The monoisotopic (exact) mass is 332 g/mol. The van der Waals surface area contributed by atoms with Gasteiger partial charge in [-0.25, -0.2) is 9.97 Å². The summed E-state index contributed by atoms with van der Waals surface area (Å²) in [5.41, 5.74) is 5.56. The quantitative estimate of drug-likeness (QED) is 0.756. The molecule has 0 radical (unpaired) electrons. The number of nitrogens with zero attached hydrogens (tertiary/aromatic N) is 2. The number of halogens is 1. The van der Waals surface area contributed by atoms with E-state index in [2.05, 4.69) is 45.6 Å². The summed E-state index contributed by atoms with van der Waals surface area (Å²) in [6.45, 7) is 4.05. The van der Waals surface area contributed by atoms with Crippen LogP contribution in [0.1, 0.15) is 23.9 Å². The second-order valence-electron chi connectivity index (χ2n) is 5.66. The van der Waals surface area contributed by atoms with Gasteiger partial charge in [-0.1, -0.05) is 30.3 Å². The van der Waals surface area contributed by atoms with Gasteiger partial charge >= 0.3 is 0 Å². The maximum Gasteiger partial charge on any atom is 0.126 e. The molecule has 5 nitrogen and oxygen atoms in total. The molecule has 0 aliphatic carbocycles. The maximum atomic E-state index is 4.71. The van der Waals surface area contributed by atoms with Crippen LogP contribution in [0.25, 0.3) is 22.3 Å². The lowest BCUT2D eigenvalue weighted by Gasteiger charge is -2.09. The predicted octanol–water partition coefficient (Wildman–Crippen LogP) is 2.61. The van der Waals surface area contributed by atoms with Gasteiger partial charge in [0.2, 0.25) is 0 Å². The molecule has 1 aliphatic heterocycles. The zero-order valence-electron chi connectivity index (χ0n) is 13.0. The fourth-order valence-corrected chi connectivity index (χ4v) is 3.11. The lowest BCUT2D eigenvalue weighted by molar-refractivity contribution is 0.733. The molecule has 0 amide bonds. The fraction of sp³-hybridized carbons (Fsp3) is 0.294. The van der Waals surface area contributed by atoms with E-state index in [1.54, 1.807) is 0 Å². The second kappa shape index (κ2) is 7.08. The summed E-state index contributed by atoms with van der Waals surface area (Å²) in [4.78, 5) is 12.8. The molecule has 1 unspecified atom stereocenters. The highest BCUT2D eigenvalue weighted by Crippen LogP contribution is 2.30. The Kier molecular flexibility index (Phi) is 5.36. The van der Waals surface area contributed by atoms with Gasteiger partial charge in [-0.2, -0.15) is 0 Å². The third-order valence-electron chi connectivity index (χ3n) is 4.15. The molecular formula is C17H21ClN4O. The molecule has 1 fully saturated rings. The van der Waals surface area contributed by atoms with Crippen molar-refractivity contribution in [3.8, 4) is 11.3 Å². The van der Waals surface area contributed by atoms with Crippen molar-refractivity contribution in [3.63, 3.8) is 0 Å². The number of hydrogen-bond acceptors (Lipinski definition) is 3. The highest BCUT2D eigenvalue weighted by molar-refractivity contribution is 5.85. The first-order valence-corrected chi connectivity index (χ1v) is 7.44. The summed E-state index contributed by atoms with van der Waals surface area (Å²) >= 11 is 0. The van der Waals surface area contributed by atoms with Gasteiger partial charge in [0.15, 0.2) is 0 Å². The molecule has 4 rings (SSSR count). The minimum Gasteiger partial charge on any atom is -0.412 e. The minimum atomic E-state index is 0. The Hall–Kier alpha value is -1.95. The van der Waals surface area contributed by atoms with Crippen LogP contribution in [0, 0.1) is 6.92 Å². The number of H-pyrrole nitrogens is 1. The van der Waals surface area contributed by atoms with Crippen molar-refractivity contribution >= 4 is 23.4 Å². The number of aromatic nitrogens is 3. The number of aromatic amines is 1. The molecule has 1 atom stereocenters. The number of nitrogens with one attached hydrogen (secondary N) is 2. The van der Waals surface area contributed by atoms with Crippen LogP contribution in [0.15, 0.2) is 36.4 Å². The van der Waals surface area contributed by atoms with Crippen molar-refractivity contribution in [1.82, 2.24) is 20.3 Å². The van der Waals surface area contributed by atoms with Gasteiger partial charge in [-0.15, -0.1) is 12.4 Å². The standard InChI is InChI=1S/C17H18N4.ClH.H2O/c1-11-19-15-9-14(12-5-3-2-4-6-12)21-17(15)16(20-11)13-7-8-18-10-13;;/h2-6,9,13,18,21H,7-8,10H2,1H3;1H;1H2. The van der Waals surface area contributed by atoms with E-state index in [1.165, 1.54) is 5.56 Å². The Balaban J connectivity index is 0.000000960. The lowest BCUT2D eigenvalue weighted by atomic mass is 10.0. The summed E-state index contributed by atoms with van der Waals surface area (Å²) in [5.74, 6) is 1.33. The fourth-order valence-electron chi connectivity index (χ4n) is 3.11. The molecule has 3 aromatic rings. The first-order valence-electron chi connectivity index (χ1n) is 7.44. The van der Waals surface area contributed by atoms with Crippen molar-refractivity contribution in [3.05, 3.63) is 47.9 Å². The first-order chi connectivity index (χ1) is 10.3. The number of benzene rings is 1. The Morgan fingerprint density at radius 2 is 1.91 bits per heavy atom. The molecule has 0 saturated carbocycles. The van der Waals surface area contributed by atoms with Crippen LogP contribution in [0.4, 0.5) is 0 Å². The molecule has 1 aromatic carbocycles. The smallest absolute Gasteiger partial charge is 0.126 e. The Labute approximate surface area is 141 Å². The van der Waals surface area contributed by atoms with E-state index in [-0.39, 0.29) is 17.9 Å². The van der Waals surface area contributed by atoms with E-state index in [4.69, 9.17) is 4.98 Å². The Bertz CT molecular complexity index is 782. The Morgan fingerprint density at radius 3 is 2.61 bits per heavy atom. The van der Waals surface area contributed by atoms with Crippen LogP contribution in [-0.2, 0) is 0 Å². The third-order valence-corrected chi connectivity index (χ3v) is 4.15. The molecule has 2 aromatic heterocycles. The number of hydrogen-bond donors (Lipinski definition) is 2. The lowest BCUT2D eigenvalue weighted by Crippen LogP contribution is -2.10. The average Bonchev–Trinajstić information content (AvgIpc) is 3.16. The van der Waals surface area contributed by atoms with Gasteiger partial charge in [0.25, 0.3) is 0 Å². The van der Waals surface area contributed by atoms with Crippen LogP contribution in [0.3, 0.4) is 0 Å². The highest BCUT2D eigenvalue weighted by Gasteiger charge is 2.22. The zero-order valence-corrected chi connectivity index (χ0v) is 13.8. The molecule has 23 heavy (non-hydrogen) atoms. The van der Waals surface area contributed by atoms with E-state index in [1.807, 2.05) is 13.0 Å². The molecule has 6 heteroatoms. The van der Waals surface area contributed by atoms with Crippen LogP contribution < -0.4 is 5.32 Å². The minimum absolute atomic E-state index is 0. The summed E-state index contributed by atoms with van der Waals surface area (Å²) in [5, 5.41) is 3.42. The normalized spacial score (nSPS) is 16.8. The maximum absolute atomic E-state index is 4.71. The van der Waals surface area contributed by atoms with E-state index in [0.29, 0.717) is 5.92 Å². The second-order valence-corrected chi connectivity index (χ2v) is 5.66. The predicted molar refractivity (Wildman–Crippen MR) is 95.2 cm³/mol. The Morgan fingerprint density at radius 1 is 1.13 bits per heavy atom. The van der Waals surface area contributed by atoms with E-state index in [9.17, 15) is 0 Å². The van der Waals surface area contributed by atoms with Crippen LogP contribution in [0.2, 0.25) is 0 Å². The largest absolute Gasteiger partial charge is 0.412 e.